The third-order valence-electron chi connectivity index (χ3n) is 4.35. The fourth-order valence-electron chi connectivity index (χ4n) is 3.34. The molecule has 3 heterocycles. The summed E-state index contributed by atoms with van der Waals surface area (Å²) in [6.45, 7) is 6.80. The maximum absolute atomic E-state index is 11.0. The number of hydrogen-bond acceptors (Lipinski definition) is 5. The predicted octanol–water partition coefficient (Wildman–Crippen LogP) is 0.607. The largest absolute Gasteiger partial charge is 0.480 e. The van der Waals surface area contributed by atoms with Gasteiger partial charge in [-0.1, -0.05) is 6.07 Å². The highest BCUT2D eigenvalue weighted by Crippen LogP contribution is 2.21. The number of carbonyl (C=O) groups is 1. The molecule has 1 aromatic heterocycles. The average Bonchev–Trinajstić information content (AvgIpc) is 2.71. The van der Waals surface area contributed by atoms with E-state index in [1.54, 1.807) is 0 Å². The van der Waals surface area contributed by atoms with E-state index in [2.05, 4.69) is 22.0 Å². The van der Waals surface area contributed by atoms with Crippen LogP contribution in [0.3, 0.4) is 0 Å². The van der Waals surface area contributed by atoms with E-state index in [0.29, 0.717) is 19.1 Å². The minimum absolute atomic E-state index is 0.115. The topological polar surface area (TPSA) is 65.9 Å². The lowest BCUT2D eigenvalue weighted by molar-refractivity contribution is -0.138. The van der Waals surface area contributed by atoms with Crippen molar-refractivity contribution in [3.8, 4) is 0 Å². The number of hydrogen-bond donors (Lipinski definition) is 1. The number of nitrogens with zero attached hydrogens (tertiary/aromatic N) is 3. The van der Waals surface area contributed by atoms with E-state index in [0.717, 1.165) is 37.4 Å². The summed E-state index contributed by atoms with van der Waals surface area (Å²) in [4.78, 5) is 19.9. The van der Waals surface area contributed by atoms with Crippen molar-refractivity contribution in [3.63, 3.8) is 0 Å². The van der Waals surface area contributed by atoms with Gasteiger partial charge in [0.2, 0.25) is 0 Å². The monoisotopic (exact) mass is 305 g/mol. The Bertz CT molecular complexity index is 520. The molecule has 2 saturated heterocycles. The van der Waals surface area contributed by atoms with E-state index in [-0.39, 0.29) is 12.6 Å². The van der Waals surface area contributed by atoms with Crippen LogP contribution in [0.2, 0.25) is 0 Å². The van der Waals surface area contributed by atoms with Crippen LogP contribution >= 0.6 is 0 Å². The Morgan fingerprint density at radius 3 is 2.95 bits per heavy atom. The van der Waals surface area contributed by atoms with Crippen LogP contribution in [0.25, 0.3) is 0 Å². The molecule has 22 heavy (non-hydrogen) atoms. The van der Waals surface area contributed by atoms with Gasteiger partial charge in [0.25, 0.3) is 0 Å². The summed E-state index contributed by atoms with van der Waals surface area (Å²) >= 11 is 0. The molecule has 2 atom stereocenters. The van der Waals surface area contributed by atoms with Gasteiger partial charge in [0.05, 0.1) is 25.5 Å². The van der Waals surface area contributed by atoms with E-state index in [9.17, 15) is 4.79 Å². The highest BCUT2D eigenvalue weighted by atomic mass is 16.5. The van der Waals surface area contributed by atoms with Crippen molar-refractivity contribution in [2.75, 3.05) is 39.4 Å². The highest BCUT2D eigenvalue weighted by Gasteiger charge is 2.33. The van der Waals surface area contributed by atoms with Crippen LogP contribution in [-0.2, 0) is 16.1 Å². The third kappa shape index (κ3) is 3.82. The molecule has 2 aliphatic rings. The standard InChI is InChI=1S/C16H23N3O3/c1-12-2-3-14(17-4-12)7-19-6-13-5-18(9-16(20)21)8-15(19)11-22-10-13/h2-4,13,15H,5-11H2,1H3,(H,20,21)/t13-,15-/m0/s1. The second-order valence-corrected chi connectivity index (χ2v) is 6.40. The molecule has 0 aromatic carbocycles. The summed E-state index contributed by atoms with van der Waals surface area (Å²) in [5.74, 6) is -0.398. The molecule has 0 aliphatic carbocycles. The number of carboxylic acid groups (broad SMARTS) is 1. The van der Waals surface area contributed by atoms with Gasteiger partial charge in [0, 0.05) is 44.3 Å². The zero-order valence-electron chi connectivity index (χ0n) is 12.9. The number of aromatic nitrogens is 1. The Morgan fingerprint density at radius 2 is 2.23 bits per heavy atom. The van der Waals surface area contributed by atoms with E-state index in [4.69, 9.17) is 9.84 Å². The lowest BCUT2D eigenvalue weighted by Crippen LogP contribution is -2.45. The first-order chi connectivity index (χ1) is 10.6. The molecule has 2 fully saturated rings. The maximum atomic E-state index is 11.0. The molecule has 0 amide bonds. The molecule has 6 nitrogen and oxygen atoms in total. The van der Waals surface area contributed by atoms with Crippen molar-refractivity contribution in [2.45, 2.75) is 19.5 Å². The Kier molecular flexibility index (Phi) is 4.71. The third-order valence-corrected chi connectivity index (χ3v) is 4.35. The molecule has 2 bridgehead atoms. The average molecular weight is 305 g/mol. The molecular formula is C16H23N3O3. The molecule has 3 rings (SSSR count). The van der Waals surface area contributed by atoms with Crippen LogP contribution < -0.4 is 0 Å². The quantitative estimate of drug-likeness (QED) is 0.879. The van der Waals surface area contributed by atoms with Gasteiger partial charge in [-0.05, 0) is 18.6 Å². The number of aryl methyl sites for hydroxylation is 1. The number of aliphatic carboxylic acids is 1. The first-order valence-electron chi connectivity index (χ1n) is 7.77. The van der Waals surface area contributed by atoms with Gasteiger partial charge < -0.3 is 9.84 Å². The molecule has 2 aliphatic heterocycles. The van der Waals surface area contributed by atoms with E-state index in [1.807, 2.05) is 18.0 Å². The van der Waals surface area contributed by atoms with Gasteiger partial charge in [-0.3, -0.25) is 19.6 Å². The van der Waals surface area contributed by atoms with Gasteiger partial charge in [0.15, 0.2) is 0 Å². The van der Waals surface area contributed by atoms with Crippen LogP contribution in [0.4, 0.5) is 0 Å². The lowest BCUT2D eigenvalue weighted by Gasteiger charge is -2.30. The second kappa shape index (κ2) is 6.73. The zero-order chi connectivity index (χ0) is 15.5. The van der Waals surface area contributed by atoms with Crippen molar-refractivity contribution in [3.05, 3.63) is 29.6 Å². The van der Waals surface area contributed by atoms with Crippen molar-refractivity contribution >= 4 is 5.97 Å². The van der Waals surface area contributed by atoms with Crippen LogP contribution in [0.5, 0.6) is 0 Å². The van der Waals surface area contributed by atoms with Gasteiger partial charge in [-0.2, -0.15) is 0 Å². The van der Waals surface area contributed by atoms with Crippen LogP contribution in [-0.4, -0.2) is 71.3 Å². The molecule has 0 radical (unpaired) electrons. The van der Waals surface area contributed by atoms with Crippen LogP contribution in [0.1, 0.15) is 11.3 Å². The predicted molar refractivity (Wildman–Crippen MR) is 81.6 cm³/mol. The molecular weight excluding hydrogens is 282 g/mol. The SMILES string of the molecule is Cc1ccc(CN2C[C@H]3COC[C@@H]2CN(CC(=O)O)C3)nc1. The molecule has 0 spiro atoms. The Hall–Kier alpha value is -1.50. The fourth-order valence-corrected chi connectivity index (χ4v) is 3.34. The Morgan fingerprint density at radius 1 is 1.36 bits per heavy atom. The molecule has 6 heteroatoms. The summed E-state index contributed by atoms with van der Waals surface area (Å²) in [5.41, 5.74) is 2.22. The van der Waals surface area contributed by atoms with E-state index < -0.39 is 5.97 Å². The summed E-state index contributed by atoms with van der Waals surface area (Å²) in [6, 6.07) is 4.38. The molecule has 1 aromatic rings. The normalized spacial score (nSPS) is 26.6. The van der Waals surface area contributed by atoms with Crippen molar-refractivity contribution in [2.24, 2.45) is 5.92 Å². The maximum Gasteiger partial charge on any atom is 0.317 e. The second-order valence-electron chi connectivity index (χ2n) is 6.40. The highest BCUT2D eigenvalue weighted by molar-refractivity contribution is 5.69. The smallest absolute Gasteiger partial charge is 0.317 e. The number of pyridine rings is 1. The first-order valence-corrected chi connectivity index (χ1v) is 7.77. The minimum atomic E-state index is -0.757. The molecule has 0 saturated carbocycles. The van der Waals surface area contributed by atoms with Gasteiger partial charge in [0.1, 0.15) is 0 Å². The van der Waals surface area contributed by atoms with Crippen molar-refractivity contribution in [1.29, 1.82) is 0 Å². The first kappa shape index (κ1) is 15.4. The van der Waals surface area contributed by atoms with E-state index in [1.165, 1.54) is 0 Å². The number of ether oxygens (including phenoxy) is 1. The van der Waals surface area contributed by atoms with Crippen LogP contribution in [0, 0.1) is 12.8 Å². The minimum Gasteiger partial charge on any atom is -0.480 e. The summed E-state index contributed by atoms with van der Waals surface area (Å²) in [7, 11) is 0. The molecule has 0 unspecified atom stereocenters. The Labute approximate surface area is 130 Å². The fraction of sp³-hybridized carbons (Fsp3) is 0.625. The molecule has 120 valence electrons. The van der Waals surface area contributed by atoms with Crippen molar-refractivity contribution in [1.82, 2.24) is 14.8 Å². The lowest BCUT2D eigenvalue weighted by atomic mass is 10.1. The van der Waals surface area contributed by atoms with E-state index >= 15 is 0 Å². The summed E-state index contributed by atoms with van der Waals surface area (Å²) < 4.78 is 5.77. The number of fused-ring (bicyclic) bond motifs is 3. The number of carboxylic acids is 1. The summed E-state index contributed by atoms with van der Waals surface area (Å²) in [5, 5.41) is 9.05. The van der Waals surface area contributed by atoms with Crippen molar-refractivity contribution < 1.29 is 14.6 Å². The Balaban J connectivity index is 1.71. The molecule has 1 N–H and O–H groups in total. The van der Waals surface area contributed by atoms with Gasteiger partial charge >= 0.3 is 5.97 Å². The zero-order valence-corrected chi connectivity index (χ0v) is 12.9. The van der Waals surface area contributed by atoms with Gasteiger partial charge in [-0.15, -0.1) is 0 Å². The summed E-state index contributed by atoms with van der Waals surface area (Å²) in [6.07, 6.45) is 1.90. The van der Waals surface area contributed by atoms with Crippen LogP contribution in [0.15, 0.2) is 18.3 Å². The number of rotatable bonds is 4. The van der Waals surface area contributed by atoms with Gasteiger partial charge in [-0.25, -0.2) is 0 Å².